The maximum Gasteiger partial charge on any atom is 0.416 e. The molecule has 0 aliphatic rings. The third-order valence-corrected chi connectivity index (χ3v) is 2.19. The van der Waals surface area contributed by atoms with E-state index in [0.29, 0.717) is 0 Å². The number of nitrogens with zero attached hydrogens (tertiary/aromatic N) is 2. The van der Waals surface area contributed by atoms with E-state index in [9.17, 15) is 18.0 Å². The van der Waals surface area contributed by atoms with Crippen LogP contribution in [0.1, 0.15) is 16.1 Å². The molecule has 2 aromatic rings. The molecule has 0 unspecified atom stereocenters. The van der Waals surface area contributed by atoms with Gasteiger partial charge in [-0.15, -0.1) is 0 Å². The van der Waals surface area contributed by atoms with E-state index in [-0.39, 0.29) is 17.0 Å². The predicted molar refractivity (Wildman–Crippen MR) is 53.3 cm³/mol. The molecule has 0 fully saturated rings. The summed E-state index contributed by atoms with van der Waals surface area (Å²) in [6.07, 6.45) is -4.49. The molecule has 0 spiro atoms. The summed E-state index contributed by atoms with van der Waals surface area (Å²) in [5.41, 5.74) is 3.76. The lowest BCUT2D eigenvalue weighted by Crippen LogP contribution is -2.12. The lowest BCUT2D eigenvalue weighted by molar-refractivity contribution is -0.137. The molecule has 0 aliphatic heterocycles. The molecule has 0 saturated carbocycles. The van der Waals surface area contributed by atoms with E-state index in [1.165, 1.54) is 12.1 Å². The average Bonchev–Trinajstić information content (AvgIpc) is 2.77. The van der Waals surface area contributed by atoms with Crippen molar-refractivity contribution in [2.75, 3.05) is 0 Å². The highest BCUT2D eigenvalue weighted by Crippen LogP contribution is 2.32. The Kier molecular flexibility index (Phi) is 2.77. The second-order valence-corrected chi connectivity index (χ2v) is 3.40. The van der Waals surface area contributed by atoms with Gasteiger partial charge in [0, 0.05) is 5.56 Å². The minimum Gasteiger partial charge on any atom is -0.364 e. The SMILES string of the molecule is NC(=O)c1nonc1-c1cccc(C(F)(F)F)c1. The van der Waals surface area contributed by atoms with Crippen LogP contribution in [0.5, 0.6) is 0 Å². The smallest absolute Gasteiger partial charge is 0.364 e. The molecule has 1 amide bonds. The van der Waals surface area contributed by atoms with Gasteiger partial charge < -0.3 is 5.73 Å². The minimum atomic E-state index is -4.49. The predicted octanol–water partition coefficient (Wildman–Crippen LogP) is 1.85. The molecule has 0 bridgehead atoms. The van der Waals surface area contributed by atoms with E-state index in [0.717, 1.165) is 12.1 Å². The van der Waals surface area contributed by atoms with Crippen LogP contribution in [0.15, 0.2) is 28.9 Å². The number of hydrogen-bond donors (Lipinski definition) is 1. The third kappa shape index (κ3) is 2.17. The Morgan fingerprint density at radius 1 is 1.28 bits per heavy atom. The van der Waals surface area contributed by atoms with Gasteiger partial charge >= 0.3 is 6.18 Å². The molecule has 1 aromatic carbocycles. The van der Waals surface area contributed by atoms with Gasteiger partial charge in [0.2, 0.25) is 0 Å². The van der Waals surface area contributed by atoms with Crippen LogP contribution < -0.4 is 5.73 Å². The van der Waals surface area contributed by atoms with Gasteiger partial charge in [0.25, 0.3) is 5.91 Å². The first-order chi connectivity index (χ1) is 8.39. The molecular weight excluding hydrogens is 251 g/mol. The maximum absolute atomic E-state index is 12.5. The van der Waals surface area contributed by atoms with Gasteiger partial charge in [0.05, 0.1) is 5.56 Å². The zero-order valence-corrected chi connectivity index (χ0v) is 8.73. The van der Waals surface area contributed by atoms with Crippen molar-refractivity contribution in [3.8, 4) is 11.3 Å². The number of nitrogens with two attached hydrogens (primary N) is 1. The molecule has 8 heteroatoms. The van der Waals surface area contributed by atoms with Crippen LogP contribution in [0.4, 0.5) is 13.2 Å². The van der Waals surface area contributed by atoms with E-state index in [4.69, 9.17) is 5.73 Å². The number of carbonyl (C=O) groups is 1. The molecule has 2 rings (SSSR count). The fourth-order valence-electron chi connectivity index (χ4n) is 1.38. The largest absolute Gasteiger partial charge is 0.416 e. The molecule has 2 N–H and O–H groups in total. The van der Waals surface area contributed by atoms with Crippen LogP contribution in [0, 0.1) is 0 Å². The second-order valence-electron chi connectivity index (χ2n) is 3.40. The maximum atomic E-state index is 12.5. The van der Waals surface area contributed by atoms with Gasteiger partial charge in [-0.3, -0.25) is 4.79 Å². The number of hydrogen-bond acceptors (Lipinski definition) is 4. The van der Waals surface area contributed by atoms with Crippen LogP contribution in [0.2, 0.25) is 0 Å². The Labute approximate surface area is 98.4 Å². The van der Waals surface area contributed by atoms with Crippen LogP contribution in [-0.4, -0.2) is 16.2 Å². The molecule has 94 valence electrons. The summed E-state index contributed by atoms with van der Waals surface area (Å²) in [5.74, 6) is -0.927. The number of primary amides is 1. The molecular formula is C10H6F3N3O2. The zero-order valence-electron chi connectivity index (χ0n) is 8.73. The van der Waals surface area contributed by atoms with Gasteiger partial charge in [0.15, 0.2) is 5.69 Å². The van der Waals surface area contributed by atoms with Crippen molar-refractivity contribution >= 4 is 5.91 Å². The van der Waals surface area contributed by atoms with Crippen molar-refractivity contribution in [1.29, 1.82) is 0 Å². The van der Waals surface area contributed by atoms with Crippen LogP contribution in [0.3, 0.4) is 0 Å². The number of halogens is 3. The fourth-order valence-corrected chi connectivity index (χ4v) is 1.38. The highest BCUT2D eigenvalue weighted by atomic mass is 19.4. The van der Waals surface area contributed by atoms with Crippen molar-refractivity contribution in [3.63, 3.8) is 0 Å². The molecule has 0 saturated heterocycles. The summed E-state index contributed by atoms with van der Waals surface area (Å²) >= 11 is 0. The van der Waals surface area contributed by atoms with Crippen molar-refractivity contribution in [3.05, 3.63) is 35.5 Å². The Bertz CT molecular complexity index is 592. The van der Waals surface area contributed by atoms with E-state index >= 15 is 0 Å². The van der Waals surface area contributed by atoms with Crippen molar-refractivity contribution in [1.82, 2.24) is 10.3 Å². The van der Waals surface area contributed by atoms with Crippen molar-refractivity contribution in [2.24, 2.45) is 5.73 Å². The molecule has 5 nitrogen and oxygen atoms in total. The van der Waals surface area contributed by atoms with E-state index in [1.54, 1.807) is 0 Å². The summed E-state index contributed by atoms with van der Waals surface area (Å²) in [4.78, 5) is 11.0. The van der Waals surface area contributed by atoms with Gasteiger partial charge in [-0.25, -0.2) is 4.63 Å². The number of amides is 1. The summed E-state index contributed by atoms with van der Waals surface area (Å²) < 4.78 is 41.9. The van der Waals surface area contributed by atoms with E-state index in [2.05, 4.69) is 14.9 Å². The summed E-state index contributed by atoms with van der Waals surface area (Å²) in [6, 6.07) is 4.28. The number of benzene rings is 1. The Morgan fingerprint density at radius 2 is 2.00 bits per heavy atom. The topological polar surface area (TPSA) is 82.0 Å². The second kappa shape index (κ2) is 4.13. The highest BCUT2D eigenvalue weighted by Gasteiger charge is 2.31. The lowest BCUT2D eigenvalue weighted by Gasteiger charge is -2.07. The van der Waals surface area contributed by atoms with Gasteiger partial charge in [-0.2, -0.15) is 13.2 Å². The molecule has 1 heterocycles. The third-order valence-electron chi connectivity index (χ3n) is 2.19. The first-order valence-electron chi connectivity index (χ1n) is 4.69. The summed E-state index contributed by atoms with van der Waals surface area (Å²) in [6.45, 7) is 0. The van der Waals surface area contributed by atoms with E-state index in [1.807, 2.05) is 0 Å². The highest BCUT2D eigenvalue weighted by molar-refractivity contribution is 5.96. The van der Waals surface area contributed by atoms with E-state index < -0.39 is 17.6 Å². The first-order valence-corrected chi connectivity index (χ1v) is 4.69. The van der Waals surface area contributed by atoms with Gasteiger partial charge in [-0.05, 0) is 22.4 Å². The standard InChI is InChI=1S/C10H6F3N3O2/c11-10(12,13)6-3-1-2-5(4-6)7-8(9(14)17)16-18-15-7/h1-4H,(H2,14,17). The van der Waals surface area contributed by atoms with Gasteiger partial charge in [-0.1, -0.05) is 12.1 Å². The van der Waals surface area contributed by atoms with Gasteiger partial charge in [0.1, 0.15) is 5.69 Å². The van der Waals surface area contributed by atoms with Crippen molar-refractivity contribution in [2.45, 2.75) is 6.18 Å². The quantitative estimate of drug-likeness (QED) is 0.890. The number of rotatable bonds is 2. The monoisotopic (exact) mass is 257 g/mol. The van der Waals surface area contributed by atoms with Crippen LogP contribution in [-0.2, 0) is 6.18 Å². The molecule has 18 heavy (non-hydrogen) atoms. The Balaban J connectivity index is 2.52. The molecule has 0 atom stereocenters. The number of alkyl halides is 3. The zero-order chi connectivity index (χ0) is 13.3. The van der Waals surface area contributed by atoms with Crippen LogP contribution in [0.25, 0.3) is 11.3 Å². The fraction of sp³-hybridized carbons (Fsp3) is 0.100. The molecule has 1 aromatic heterocycles. The summed E-state index contributed by atoms with van der Waals surface area (Å²) in [5, 5.41) is 6.62. The Hall–Kier alpha value is -2.38. The Morgan fingerprint density at radius 3 is 2.61 bits per heavy atom. The number of carbonyl (C=O) groups excluding carboxylic acids is 1. The molecule has 0 aliphatic carbocycles. The molecule has 0 radical (unpaired) electrons. The number of aromatic nitrogens is 2. The van der Waals surface area contributed by atoms with Crippen LogP contribution >= 0.6 is 0 Å². The lowest BCUT2D eigenvalue weighted by atomic mass is 10.1. The minimum absolute atomic E-state index is 0.0554. The first kappa shape index (κ1) is 12.1. The van der Waals surface area contributed by atoms with Crippen molar-refractivity contribution < 1.29 is 22.6 Å². The normalized spacial score (nSPS) is 11.5. The average molecular weight is 257 g/mol. The summed E-state index contributed by atoms with van der Waals surface area (Å²) in [7, 11) is 0.